The zero-order chi connectivity index (χ0) is 21.1. The highest BCUT2D eigenvalue weighted by Gasteiger charge is 2.21. The molecular formula is C20H19ClN4O4. The number of hydrogen-bond donors (Lipinski definition) is 1. The number of nitrogens with one attached hydrogen (secondary N) is 1. The Morgan fingerprint density at radius 3 is 2.48 bits per heavy atom. The van der Waals surface area contributed by atoms with Gasteiger partial charge in [-0.05, 0) is 49.7 Å². The molecule has 29 heavy (non-hydrogen) atoms. The molecule has 0 saturated heterocycles. The van der Waals surface area contributed by atoms with E-state index >= 15 is 0 Å². The van der Waals surface area contributed by atoms with Crippen LogP contribution < -0.4 is 10.1 Å². The van der Waals surface area contributed by atoms with E-state index in [2.05, 4.69) is 10.4 Å². The lowest BCUT2D eigenvalue weighted by atomic mass is 10.1. The standard InChI is InChI=1S/C20H19ClN4O4/c1-12-19(25(27)28)13(2)24(23-12)11-14-4-6-15(7-5-14)20(26)22-16-8-9-18(29-3)17(21)10-16/h4-10H,11H2,1-3H3,(H,22,26). The number of methoxy groups -OCH3 is 1. The molecule has 0 aliphatic rings. The number of ether oxygens (including phenoxy) is 1. The molecule has 0 aliphatic heterocycles. The minimum atomic E-state index is -0.424. The first-order valence-electron chi connectivity index (χ1n) is 8.72. The maximum absolute atomic E-state index is 12.4. The monoisotopic (exact) mass is 414 g/mol. The van der Waals surface area contributed by atoms with Crippen molar-refractivity contribution in [3.63, 3.8) is 0 Å². The number of nitrogens with zero attached hydrogens (tertiary/aromatic N) is 3. The van der Waals surface area contributed by atoms with Gasteiger partial charge in [0.25, 0.3) is 5.91 Å². The second kappa shape index (κ2) is 8.32. The average molecular weight is 415 g/mol. The van der Waals surface area contributed by atoms with E-state index in [1.54, 1.807) is 61.0 Å². The van der Waals surface area contributed by atoms with Crippen LogP contribution in [0.5, 0.6) is 5.75 Å². The van der Waals surface area contributed by atoms with E-state index < -0.39 is 4.92 Å². The Morgan fingerprint density at radius 1 is 1.24 bits per heavy atom. The number of rotatable bonds is 6. The van der Waals surface area contributed by atoms with Crippen molar-refractivity contribution in [3.05, 3.63) is 80.1 Å². The van der Waals surface area contributed by atoms with Crippen molar-refractivity contribution in [2.45, 2.75) is 20.4 Å². The fraction of sp³-hybridized carbons (Fsp3) is 0.200. The maximum Gasteiger partial charge on any atom is 0.312 e. The fourth-order valence-electron chi connectivity index (χ4n) is 2.99. The highest BCUT2D eigenvalue weighted by atomic mass is 35.5. The summed E-state index contributed by atoms with van der Waals surface area (Å²) in [4.78, 5) is 23.2. The lowest BCUT2D eigenvalue weighted by molar-refractivity contribution is -0.386. The predicted octanol–water partition coefficient (Wildman–Crippen LogP) is 4.37. The van der Waals surface area contributed by atoms with Gasteiger partial charge in [-0.2, -0.15) is 5.10 Å². The van der Waals surface area contributed by atoms with Crippen LogP contribution in [0, 0.1) is 24.0 Å². The molecule has 9 heteroatoms. The second-order valence-corrected chi connectivity index (χ2v) is 6.84. The number of aromatic nitrogens is 2. The number of nitro groups is 1. The zero-order valence-electron chi connectivity index (χ0n) is 16.1. The summed E-state index contributed by atoms with van der Waals surface area (Å²) in [6, 6.07) is 12.0. The molecule has 0 spiro atoms. The molecule has 1 heterocycles. The zero-order valence-corrected chi connectivity index (χ0v) is 16.9. The van der Waals surface area contributed by atoms with E-state index in [0.29, 0.717) is 40.0 Å². The molecule has 1 N–H and O–H groups in total. The van der Waals surface area contributed by atoms with Gasteiger partial charge in [0, 0.05) is 11.3 Å². The molecular weight excluding hydrogens is 396 g/mol. The molecule has 0 radical (unpaired) electrons. The number of anilines is 1. The summed E-state index contributed by atoms with van der Waals surface area (Å²) in [5.41, 5.74) is 2.79. The number of carbonyl (C=O) groups excluding carboxylic acids is 1. The van der Waals surface area contributed by atoms with E-state index in [0.717, 1.165) is 5.56 Å². The van der Waals surface area contributed by atoms with Crippen molar-refractivity contribution < 1.29 is 14.5 Å². The first kappa shape index (κ1) is 20.3. The number of hydrogen-bond acceptors (Lipinski definition) is 5. The lowest BCUT2D eigenvalue weighted by Crippen LogP contribution is -2.12. The van der Waals surface area contributed by atoms with E-state index in [9.17, 15) is 14.9 Å². The average Bonchev–Trinajstić information content (AvgIpc) is 2.95. The largest absolute Gasteiger partial charge is 0.495 e. The molecule has 2 aromatic carbocycles. The topological polar surface area (TPSA) is 99.3 Å². The summed E-state index contributed by atoms with van der Waals surface area (Å²) in [7, 11) is 1.52. The van der Waals surface area contributed by atoms with Crippen LogP contribution in [0.4, 0.5) is 11.4 Å². The van der Waals surface area contributed by atoms with Crippen LogP contribution in [0.3, 0.4) is 0 Å². The Labute approximate surface area is 172 Å². The smallest absolute Gasteiger partial charge is 0.312 e. The molecule has 0 unspecified atom stereocenters. The Hall–Kier alpha value is -3.39. The van der Waals surface area contributed by atoms with Gasteiger partial charge in [0.05, 0.1) is 23.6 Å². The summed E-state index contributed by atoms with van der Waals surface area (Å²) in [5.74, 6) is 0.248. The molecule has 0 aliphatic carbocycles. The summed E-state index contributed by atoms with van der Waals surface area (Å²) < 4.78 is 6.68. The number of amides is 1. The quantitative estimate of drug-likeness (QED) is 0.477. The molecule has 0 saturated carbocycles. The van der Waals surface area contributed by atoms with Crippen LogP contribution in [-0.4, -0.2) is 27.7 Å². The molecule has 1 aromatic heterocycles. The predicted molar refractivity (Wildman–Crippen MR) is 110 cm³/mol. The molecule has 0 bridgehead atoms. The summed E-state index contributed by atoms with van der Waals surface area (Å²) >= 11 is 6.08. The van der Waals surface area contributed by atoms with Gasteiger partial charge >= 0.3 is 5.69 Å². The van der Waals surface area contributed by atoms with E-state index in [4.69, 9.17) is 16.3 Å². The van der Waals surface area contributed by atoms with Crippen molar-refractivity contribution in [2.75, 3.05) is 12.4 Å². The molecule has 150 valence electrons. The van der Waals surface area contributed by atoms with Gasteiger partial charge in [0.1, 0.15) is 17.1 Å². The minimum Gasteiger partial charge on any atom is -0.495 e. The third-order valence-corrected chi connectivity index (χ3v) is 4.78. The van der Waals surface area contributed by atoms with Gasteiger partial charge in [0.2, 0.25) is 0 Å². The molecule has 3 rings (SSSR count). The van der Waals surface area contributed by atoms with Crippen LogP contribution in [0.15, 0.2) is 42.5 Å². The number of carbonyl (C=O) groups is 1. The number of benzene rings is 2. The minimum absolute atomic E-state index is 0.0270. The Kier molecular flexibility index (Phi) is 5.84. The maximum atomic E-state index is 12.4. The van der Waals surface area contributed by atoms with Gasteiger partial charge in [-0.15, -0.1) is 0 Å². The van der Waals surface area contributed by atoms with E-state index in [-0.39, 0.29) is 11.6 Å². The molecule has 1 amide bonds. The SMILES string of the molecule is COc1ccc(NC(=O)c2ccc(Cn3nc(C)c([N+](=O)[O-])c3C)cc2)cc1Cl. The van der Waals surface area contributed by atoms with E-state index in [1.807, 2.05) is 0 Å². The molecule has 0 atom stereocenters. The second-order valence-electron chi connectivity index (χ2n) is 6.43. The van der Waals surface area contributed by atoms with Gasteiger partial charge in [-0.25, -0.2) is 0 Å². The van der Waals surface area contributed by atoms with Gasteiger partial charge < -0.3 is 10.1 Å². The van der Waals surface area contributed by atoms with Crippen molar-refractivity contribution in [1.82, 2.24) is 9.78 Å². The normalized spacial score (nSPS) is 10.6. The summed E-state index contributed by atoms with van der Waals surface area (Å²) in [6.45, 7) is 3.65. The fourth-order valence-corrected chi connectivity index (χ4v) is 3.25. The van der Waals surface area contributed by atoms with Crippen molar-refractivity contribution in [1.29, 1.82) is 0 Å². The van der Waals surface area contributed by atoms with Gasteiger partial charge in [0.15, 0.2) is 0 Å². The third kappa shape index (κ3) is 4.38. The summed E-state index contributed by atoms with van der Waals surface area (Å²) in [6.07, 6.45) is 0. The first-order valence-corrected chi connectivity index (χ1v) is 9.10. The van der Waals surface area contributed by atoms with Crippen LogP contribution >= 0.6 is 11.6 Å². The molecule has 8 nitrogen and oxygen atoms in total. The van der Waals surface area contributed by atoms with E-state index in [1.165, 1.54) is 7.11 Å². The van der Waals surface area contributed by atoms with Crippen LogP contribution in [-0.2, 0) is 6.54 Å². The van der Waals surface area contributed by atoms with Crippen molar-refractivity contribution in [3.8, 4) is 5.75 Å². The lowest BCUT2D eigenvalue weighted by Gasteiger charge is -2.09. The summed E-state index contributed by atoms with van der Waals surface area (Å²) in [5, 5.41) is 18.5. The van der Waals surface area contributed by atoms with Crippen molar-refractivity contribution in [2.24, 2.45) is 0 Å². The highest BCUT2D eigenvalue weighted by molar-refractivity contribution is 6.32. The number of halogens is 1. The Bertz CT molecular complexity index is 1080. The highest BCUT2D eigenvalue weighted by Crippen LogP contribution is 2.27. The number of aryl methyl sites for hydroxylation is 1. The van der Waals surface area contributed by atoms with Crippen molar-refractivity contribution >= 4 is 28.9 Å². The van der Waals surface area contributed by atoms with Crippen LogP contribution in [0.2, 0.25) is 5.02 Å². The van der Waals surface area contributed by atoms with Gasteiger partial charge in [-0.3, -0.25) is 19.6 Å². The molecule has 3 aromatic rings. The van der Waals surface area contributed by atoms with Crippen LogP contribution in [0.25, 0.3) is 0 Å². The third-order valence-electron chi connectivity index (χ3n) is 4.48. The first-order chi connectivity index (χ1) is 13.8. The van der Waals surface area contributed by atoms with Crippen LogP contribution in [0.1, 0.15) is 27.3 Å². The Morgan fingerprint density at radius 2 is 1.93 bits per heavy atom. The molecule has 0 fully saturated rings. The van der Waals surface area contributed by atoms with Gasteiger partial charge in [-0.1, -0.05) is 23.7 Å². The Balaban J connectivity index is 1.72.